The Hall–Kier alpha value is -4.20. The van der Waals surface area contributed by atoms with Gasteiger partial charge in [0.25, 0.3) is 0 Å². The molecule has 0 radical (unpaired) electrons. The highest BCUT2D eigenvalue weighted by Crippen LogP contribution is 2.39. The lowest BCUT2D eigenvalue weighted by atomic mass is 10.1. The number of rotatable bonds is 9. The molecule has 0 aliphatic heterocycles. The van der Waals surface area contributed by atoms with Crippen LogP contribution in [-0.2, 0) is 13.2 Å². The maximum atomic E-state index is 11.8. The van der Waals surface area contributed by atoms with E-state index in [9.17, 15) is 20.2 Å². The normalized spacial score (nSPS) is 10.7. The molecule has 0 saturated heterocycles. The average molecular weight is 406 g/mol. The van der Waals surface area contributed by atoms with Gasteiger partial charge in [0.15, 0.2) is 5.75 Å². The van der Waals surface area contributed by atoms with Gasteiger partial charge in [0.2, 0.25) is 6.20 Å². The minimum atomic E-state index is -0.692. The minimum Gasteiger partial charge on any atom is -0.488 e. The largest absolute Gasteiger partial charge is 0.488 e. The zero-order chi connectivity index (χ0) is 21.3. The van der Waals surface area contributed by atoms with Crippen molar-refractivity contribution < 1.29 is 19.3 Å². The Morgan fingerprint density at radius 2 is 1.23 bits per heavy atom. The summed E-state index contributed by atoms with van der Waals surface area (Å²) in [5.41, 5.74) is 1.26. The zero-order valence-corrected chi connectivity index (χ0v) is 15.8. The quantitative estimate of drug-likeness (QED) is 0.366. The van der Waals surface area contributed by atoms with Crippen LogP contribution in [0.4, 0.5) is 5.69 Å². The van der Waals surface area contributed by atoms with E-state index < -0.39 is 15.5 Å². The van der Waals surface area contributed by atoms with Crippen molar-refractivity contribution in [3.8, 4) is 11.5 Å². The van der Waals surface area contributed by atoms with E-state index in [4.69, 9.17) is 9.47 Å². The van der Waals surface area contributed by atoms with E-state index >= 15 is 0 Å². The Bertz CT molecular complexity index is 1050. The summed E-state index contributed by atoms with van der Waals surface area (Å²) in [5, 5.41) is 22.6. The number of nitro benzene ring substituents is 1. The third-order valence-corrected chi connectivity index (χ3v) is 4.16. The first-order chi connectivity index (χ1) is 14.5. The molecule has 3 aromatic rings. The smallest absolute Gasteiger partial charge is 0.322 e. The Labute approximate surface area is 172 Å². The molecule has 152 valence electrons. The van der Waals surface area contributed by atoms with Crippen molar-refractivity contribution in [2.45, 2.75) is 13.2 Å². The highest BCUT2D eigenvalue weighted by atomic mass is 16.6. The van der Waals surface area contributed by atoms with Gasteiger partial charge in [-0.25, -0.2) is 0 Å². The summed E-state index contributed by atoms with van der Waals surface area (Å²) < 4.78 is 11.4. The molecule has 0 N–H and O–H groups in total. The van der Waals surface area contributed by atoms with Crippen molar-refractivity contribution in [3.63, 3.8) is 0 Å². The monoisotopic (exact) mass is 406 g/mol. The lowest BCUT2D eigenvalue weighted by Gasteiger charge is -2.13. The van der Waals surface area contributed by atoms with Crippen molar-refractivity contribution in [1.82, 2.24) is 0 Å². The van der Waals surface area contributed by atoms with Crippen LogP contribution in [-0.4, -0.2) is 9.85 Å². The van der Waals surface area contributed by atoms with Gasteiger partial charge in [0.1, 0.15) is 24.5 Å². The van der Waals surface area contributed by atoms with Gasteiger partial charge in [0.05, 0.1) is 9.85 Å². The molecular formula is C22H18N2O6. The van der Waals surface area contributed by atoms with Crippen molar-refractivity contribution in [1.29, 1.82) is 0 Å². The molecule has 0 bridgehead atoms. The number of hydrogen-bond donors (Lipinski definition) is 0. The van der Waals surface area contributed by atoms with Crippen LogP contribution in [0.2, 0.25) is 0 Å². The summed E-state index contributed by atoms with van der Waals surface area (Å²) in [7, 11) is 0. The van der Waals surface area contributed by atoms with E-state index in [-0.39, 0.29) is 30.3 Å². The Balaban J connectivity index is 1.94. The highest BCUT2D eigenvalue weighted by Gasteiger charge is 2.25. The van der Waals surface area contributed by atoms with Crippen LogP contribution < -0.4 is 9.47 Å². The molecule has 3 rings (SSSR count). The molecule has 0 spiro atoms. The van der Waals surface area contributed by atoms with Crippen molar-refractivity contribution >= 4 is 11.8 Å². The van der Waals surface area contributed by atoms with E-state index in [0.717, 1.165) is 17.2 Å². The van der Waals surface area contributed by atoms with Crippen LogP contribution in [0.25, 0.3) is 6.08 Å². The van der Waals surface area contributed by atoms with E-state index in [1.165, 1.54) is 12.1 Å². The maximum absolute atomic E-state index is 11.8. The average Bonchev–Trinajstić information content (AvgIpc) is 2.76. The zero-order valence-electron chi connectivity index (χ0n) is 15.8. The van der Waals surface area contributed by atoms with Gasteiger partial charge in [-0.1, -0.05) is 60.7 Å². The molecule has 0 heterocycles. The molecule has 0 aromatic heterocycles. The summed E-state index contributed by atoms with van der Waals surface area (Å²) in [5.74, 6) is 0.148. The fourth-order valence-electron chi connectivity index (χ4n) is 2.77. The molecular weight excluding hydrogens is 388 g/mol. The van der Waals surface area contributed by atoms with Gasteiger partial charge >= 0.3 is 5.69 Å². The summed E-state index contributed by atoms with van der Waals surface area (Å²) in [6.45, 7) is 0.270. The van der Waals surface area contributed by atoms with Crippen molar-refractivity contribution in [3.05, 3.63) is 116 Å². The van der Waals surface area contributed by atoms with E-state index in [1.807, 2.05) is 60.7 Å². The Morgan fingerprint density at radius 1 is 0.733 bits per heavy atom. The molecule has 0 fully saturated rings. The van der Waals surface area contributed by atoms with Gasteiger partial charge in [-0.3, -0.25) is 20.2 Å². The van der Waals surface area contributed by atoms with E-state index in [2.05, 4.69) is 0 Å². The van der Waals surface area contributed by atoms with Crippen molar-refractivity contribution in [2.75, 3.05) is 0 Å². The first-order valence-corrected chi connectivity index (χ1v) is 9.01. The number of hydrogen-bond acceptors (Lipinski definition) is 6. The molecule has 0 amide bonds. The van der Waals surface area contributed by atoms with Gasteiger partial charge in [-0.05, 0) is 23.3 Å². The van der Waals surface area contributed by atoms with E-state index in [1.54, 1.807) is 0 Å². The van der Waals surface area contributed by atoms with Gasteiger partial charge < -0.3 is 9.47 Å². The van der Waals surface area contributed by atoms with Crippen LogP contribution in [0, 0.1) is 20.2 Å². The summed E-state index contributed by atoms with van der Waals surface area (Å²) in [6.07, 6.45) is 1.69. The molecule has 0 aliphatic rings. The fraction of sp³-hybridized carbons (Fsp3) is 0.0909. The lowest BCUT2D eigenvalue weighted by Crippen LogP contribution is -2.04. The second-order valence-electron chi connectivity index (χ2n) is 6.23. The topological polar surface area (TPSA) is 105 Å². The van der Waals surface area contributed by atoms with Crippen LogP contribution >= 0.6 is 0 Å². The predicted molar refractivity (Wildman–Crippen MR) is 111 cm³/mol. The molecule has 0 saturated carbocycles. The third kappa shape index (κ3) is 5.41. The summed E-state index contributed by atoms with van der Waals surface area (Å²) >= 11 is 0. The van der Waals surface area contributed by atoms with E-state index in [0.29, 0.717) is 6.20 Å². The second kappa shape index (κ2) is 9.83. The maximum Gasteiger partial charge on any atom is 0.322 e. The lowest BCUT2D eigenvalue weighted by molar-refractivity contribution is -0.401. The first-order valence-electron chi connectivity index (χ1n) is 9.01. The molecule has 0 atom stereocenters. The van der Waals surface area contributed by atoms with Gasteiger partial charge in [-0.15, -0.1) is 0 Å². The SMILES string of the molecule is O=[N+]([O-])/C=C/c1c(OCc2ccccc2)ccc(OCc2ccccc2)c1[N+](=O)[O-]. The number of ether oxygens (including phenoxy) is 2. The molecule has 8 nitrogen and oxygen atoms in total. The number of benzene rings is 3. The molecule has 30 heavy (non-hydrogen) atoms. The molecule has 3 aromatic carbocycles. The Kier molecular flexibility index (Phi) is 6.73. The van der Waals surface area contributed by atoms with Crippen LogP contribution in [0.1, 0.15) is 16.7 Å². The number of nitrogens with zero attached hydrogens (tertiary/aromatic N) is 2. The first kappa shape index (κ1) is 20.5. The molecule has 8 heteroatoms. The van der Waals surface area contributed by atoms with Crippen molar-refractivity contribution in [2.24, 2.45) is 0 Å². The summed E-state index contributed by atoms with van der Waals surface area (Å²) in [4.78, 5) is 21.3. The minimum absolute atomic E-state index is 0.00101. The third-order valence-electron chi connectivity index (χ3n) is 4.16. The second-order valence-corrected chi connectivity index (χ2v) is 6.23. The molecule has 0 aliphatic carbocycles. The van der Waals surface area contributed by atoms with Crippen LogP contribution in [0.5, 0.6) is 11.5 Å². The fourth-order valence-corrected chi connectivity index (χ4v) is 2.77. The number of nitro groups is 2. The van der Waals surface area contributed by atoms with Gasteiger partial charge in [-0.2, -0.15) is 0 Å². The standard InChI is InChI=1S/C22H18N2O6/c25-23(26)14-13-19-20(29-15-17-7-3-1-4-8-17)11-12-21(22(19)24(27)28)30-16-18-9-5-2-6-10-18/h1-14H,15-16H2/b14-13+. The van der Waals surface area contributed by atoms with Gasteiger partial charge in [0, 0.05) is 6.08 Å². The summed E-state index contributed by atoms with van der Waals surface area (Å²) in [6, 6.07) is 21.4. The highest BCUT2D eigenvalue weighted by molar-refractivity contribution is 5.72. The van der Waals surface area contributed by atoms with Crippen LogP contribution in [0.15, 0.2) is 79.0 Å². The Morgan fingerprint density at radius 3 is 1.73 bits per heavy atom. The van der Waals surface area contributed by atoms with Crippen LogP contribution in [0.3, 0.4) is 0 Å². The predicted octanol–water partition coefficient (Wildman–Crippen LogP) is 5.00. The molecule has 0 unspecified atom stereocenters.